The average Bonchev–Trinajstić information content (AvgIpc) is 3.04. The Morgan fingerprint density at radius 2 is 2.08 bits per heavy atom. The number of nitrogens with one attached hydrogen (secondary N) is 1. The van der Waals surface area contributed by atoms with Crippen LogP contribution in [-0.2, 0) is 16.0 Å². The lowest BCUT2D eigenvalue weighted by Crippen LogP contribution is -2.34. The van der Waals surface area contributed by atoms with Gasteiger partial charge in [-0.1, -0.05) is 6.07 Å². The molecule has 0 bridgehead atoms. The van der Waals surface area contributed by atoms with Crippen LogP contribution in [0.1, 0.15) is 12.1 Å². The molecule has 3 rings (SSSR count). The van der Waals surface area contributed by atoms with Crippen LogP contribution in [-0.4, -0.2) is 37.0 Å². The molecule has 1 N–H and O–H groups in total. The molecule has 1 aromatic heterocycles. The summed E-state index contributed by atoms with van der Waals surface area (Å²) in [7, 11) is 1.60. The maximum Gasteiger partial charge on any atom is 0.227 e. The summed E-state index contributed by atoms with van der Waals surface area (Å²) < 4.78 is 5.13. The smallest absolute Gasteiger partial charge is 0.227 e. The number of anilines is 1. The number of hydrogen-bond acceptors (Lipinski definition) is 4. The maximum atomic E-state index is 12.3. The standard InChI is InChI=1S/C19H21N3O3/c1-25-17-7-5-16(6-8-17)22-13-14(12-18(22)23)19(24)21-11-9-15-4-2-3-10-20-15/h2-8,10,14H,9,11-13H2,1H3,(H,21,24)/t14-/m1/s1. The maximum absolute atomic E-state index is 12.3. The van der Waals surface area contributed by atoms with Gasteiger partial charge < -0.3 is 15.0 Å². The highest BCUT2D eigenvalue weighted by atomic mass is 16.5. The molecule has 6 nitrogen and oxygen atoms in total. The Hall–Kier alpha value is -2.89. The zero-order valence-electron chi connectivity index (χ0n) is 14.1. The minimum atomic E-state index is -0.321. The molecular formula is C19H21N3O3. The van der Waals surface area contributed by atoms with E-state index in [-0.39, 0.29) is 24.2 Å². The van der Waals surface area contributed by atoms with Crippen LogP contribution in [0.15, 0.2) is 48.7 Å². The van der Waals surface area contributed by atoms with Gasteiger partial charge in [0.15, 0.2) is 0 Å². The number of aromatic nitrogens is 1. The van der Waals surface area contributed by atoms with Gasteiger partial charge in [-0.15, -0.1) is 0 Å². The molecule has 25 heavy (non-hydrogen) atoms. The van der Waals surface area contributed by atoms with Crippen LogP contribution < -0.4 is 15.0 Å². The van der Waals surface area contributed by atoms with E-state index in [9.17, 15) is 9.59 Å². The molecule has 2 heterocycles. The van der Waals surface area contributed by atoms with Crippen molar-refractivity contribution in [2.24, 2.45) is 5.92 Å². The van der Waals surface area contributed by atoms with E-state index in [0.29, 0.717) is 19.5 Å². The molecular weight excluding hydrogens is 318 g/mol. The number of ether oxygens (including phenoxy) is 1. The minimum absolute atomic E-state index is 0.0324. The summed E-state index contributed by atoms with van der Waals surface area (Å²) >= 11 is 0. The van der Waals surface area contributed by atoms with E-state index in [1.807, 2.05) is 42.5 Å². The van der Waals surface area contributed by atoms with Crippen LogP contribution >= 0.6 is 0 Å². The van der Waals surface area contributed by atoms with Crippen molar-refractivity contribution in [1.29, 1.82) is 0 Å². The molecule has 1 saturated heterocycles. The van der Waals surface area contributed by atoms with Gasteiger partial charge in [0.25, 0.3) is 0 Å². The van der Waals surface area contributed by atoms with Gasteiger partial charge in [-0.05, 0) is 36.4 Å². The van der Waals surface area contributed by atoms with Crippen LogP contribution in [0.5, 0.6) is 5.75 Å². The zero-order chi connectivity index (χ0) is 17.6. The van der Waals surface area contributed by atoms with Gasteiger partial charge in [-0.3, -0.25) is 14.6 Å². The first-order valence-corrected chi connectivity index (χ1v) is 8.29. The number of amides is 2. The third kappa shape index (κ3) is 4.15. The van der Waals surface area contributed by atoms with E-state index in [1.54, 1.807) is 18.2 Å². The number of hydrogen-bond donors (Lipinski definition) is 1. The van der Waals surface area contributed by atoms with E-state index in [1.165, 1.54) is 0 Å². The Morgan fingerprint density at radius 3 is 2.76 bits per heavy atom. The summed E-state index contributed by atoms with van der Waals surface area (Å²) in [6.45, 7) is 0.920. The molecule has 130 valence electrons. The molecule has 0 saturated carbocycles. The molecule has 2 aromatic rings. The van der Waals surface area contributed by atoms with Gasteiger partial charge in [0.05, 0.1) is 13.0 Å². The third-order valence-corrected chi connectivity index (χ3v) is 4.29. The van der Waals surface area contributed by atoms with Crippen molar-refractivity contribution >= 4 is 17.5 Å². The normalized spacial score (nSPS) is 16.8. The molecule has 2 amide bonds. The van der Waals surface area contributed by atoms with Gasteiger partial charge in [0.2, 0.25) is 11.8 Å². The van der Waals surface area contributed by atoms with Crippen molar-refractivity contribution in [2.75, 3.05) is 25.1 Å². The van der Waals surface area contributed by atoms with E-state index in [0.717, 1.165) is 17.1 Å². The predicted octanol–water partition coefficient (Wildman–Crippen LogP) is 1.80. The van der Waals surface area contributed by atoms with Gasteiger partial charge in [0, 0.05) is 43.5 Å². The Morgan fingerprint density at radius 1 is 1.28 bits per heavy atom. The van der Waals surface area contributed by atoms with E-state index in [4.69, 9.17) is 4.74 Å². The Labute approximate surface area is 146 Å². The quantitative estimate of drug-likeness (QED) is 0.871. The summed E-state index contributed by atoms with van der Waals surface area (Å²) in [4.78, 5) is 30.5. The average molecular weight is 339 g/mol. The lowest BCUT2D eigenvalue weighted by molar-refractivity contribution is -0.126. The van der Waals surface area contributed by atoms with Crippen molar-refractivity contribution in [3.05, 3.63) is 54.4 Å². The van der Waals surface area contributed by atoms with Crippen LogP contribution in [0.3, 0.4) is 0 Å². The number of methoxy groups -OCH3 is 1. The SMILES string of the molecule is COc1ccc(N2C[C@H](C(=O)NCCc3ccccn3)CC2=O)cc1. The van der Waals surface area contributed by atoms with Crippen molar-refractivity contribution in [2.45, 2.75) is 12.8 Å². The topological polar surface area (TPSA) is 71.5 Å². The van der Waals surface area contributed by atoms with Crippen LogP contribution in [0.25, 0.3) is 0 Å². The molecule has 1 aliphatic rings. The van der Waals surface area contributed by atoms with E-state index < -0.39 is 0 Å². The van der Waals surface area contributed by atoms with Crippen LogP contribution in [0, 0.1) is 5.92 Å². The number of pyridine rings is 1. The number of carbonyl (C=O) groups is 2. The first kappa shape index (κ1) is 17.0. The monoisotopic (exact) mass is 339 g/mol. The predicted molar refractivity (Wildman–Crippen MR) is 94.4 cm³/mol. The molecule has 1 fully saturated rings. The third-order valence-electron chi connectivity index (χ3n) is 4.29. The number of carbonyl (C=O) groups excluding carboxylic acids is 2. The Kier molecular flexibility index (Phi) is 5.28. The molecule has 0 radical (unpaired) electrons. The van der Waals surface area contributed by atoms with Crippen LogP contribution in [0.2, 0.25) is 0 Å². The van der Waals surface area contributed by atoms with Crippen molar-refractivity contribution in [3.63, 3.8) is 0 Å². The van der Waals surface area contributed by atoms with Gasteiger partial charge in [-0.25, -0.2) is 0 Å². The molecule has 0 aliphatic carbocycles. The van der Waals surface area contributed by atoms with E-state index >= 15 is 0 Å². The first-order valence-electron chi connectivity index (χ1n) is 8.29. The van der Waals surface area contributed by atoms with Gasteiger partial charge in [-0.2, -0.15) is 0 Å². The fourth-order valence-electron chi connectivity index (χ4n) is 2.90. The number of benzene rings is 1. The molecule has 1 atom stereocenters. The highest BCUT2D eigenvalue weighted by Gasteiger charge is 2.34. The van der Waals surface area contributed by atoms with Crippen molar-refractivity contribution in [3.8, 4) is 5.75 Å². The van der Waals surface area contributed by atoms with Crippen molar-refractivity contribution < 1.29 is 14.3 Å². The first-order chi connectivity index (χ1) is 12.2. The second kappa shape index (κ2) is 7.79. The Balaban J connectivity index is 1.53. The summed E-state index contributed by atoms with van der Waals surface area (Å²) in [6, 6.07) is 13.0. The highest BCUT2D eigenvalue weighted by Crippen LogP contribution is 2.26. The van der Waals surface area contributed by atoms with Crippen molar-refractivity contribution in [1.82, 2.24) is 10.3 Å². The second-order valence-corrected chi connectivity index (χ2v) is 5.97. The summed E-state index contributed by atoms with van der Waals surface area (Å²) in [5.74, 6) is 0.299. The largest absolute Gasteiger partial charge is 0.497 e. The molecule has 0 spiro atoms. The Bertz CT molecular complexity index is 731. The summed E-state index contributed by atoms with van der Waals surface area (Å²) in [6.07, 6.45) is 2.65. The van der Waals surface area contributed by atoms with E-state index in [2.05, 4.69) is 10.3 Å². The molecule has 1 aromatic carbocycles. The molecule has 0 unspecified atom stereocenters. The summed E-state index contributed by atoms with van der Waals surface area (Å²) in [5.41, 5.74) is 1.72. The second-order valence-electron chi connectivity index (χ2n) is 5.97. The lowest BCUT2D eigenvalue weighted by Gasteiger charge is -2.17. The van der Waals surface area contributed by atoms with Gasteiger partial charge in [0.1, 0.15) is 5.75 Å². The molecule has 6 heteroatoms. The fourth-order valence-corrected chi connectivity index (χ4v) is 2.90. The number of nitrogens with zero attached hydrogens (tertiary/aromatic N) is 2. The number of rotatable bonds is 6. The molecule has 1 aliphatic heterocycles. The van der Waals surface area contributed by atoms with Crippen LogP contribution in [0.4, 0.5) is 5.69 Å². The lowest BCUT2D eigenvalue weighted by atomic mass is 10.1. The zero-order valence-corrected chi connectivity index (χ0v) is 14.1. The highest BCUT2D eigenvalue weighted by molar-refractivity contribution is 6.00. The minimum Gasteiger partial charge on any atom is -0.497 e. The summed E-state index contributed by atoms with van der Waals surface area (Å²) in [5, 5.41) is 2.91. The van der Waals surface area contributed by atoms with Gasteiger partial charge >= 0.3 is 0 Å². The fraction of sp³-hybridized carbons (Fsp3) is 0.316.